The maximum absolute atomic E-state index is 12.7. The number of carbonyl (C=O) groups is 1. The monoisotopic (exact) mass is 387 g/mol. The van der Waals surface area contributed by atoms with Gasteiger partial charge in [0, 0.05) is 12.6 Å². The molecule has 0 bridgehead atoms. The van der Waals surface area contributed by atoms with E-state index in [1.807, 2.05) is 37.8 Å². The molecule has 1 amide bonds. The van der Waals surface area contributed by atoms with Gasteiger partial charge in [0.1, 0.15) is 5.60 Å². The summed E-state index contributed by atoms with van der Waals surface area (Å²) >= 11 is 0. The fraction of sp³-hybridized carbons (Fsp3) is 0.682. The van der Waals surface area contributed by atoms with Gasteiger partial charge in [-0.3, -0.25) is 0 Å². The van der Waals surface area contributed by atoms with Crippen LogP contribution in [0.2, 0.25) is 0 Å². The van der Waals surface area contributed by atoms with Crippen molar-refractivity contribution in [3.05, 3.63) is 29.8 Å². The Morgan fingerprint density at radius 2 is 1.64 bits per heavy atom. The molecule has 3 rings (SSSR count). The minimum atomic E-state index is -0.486. The highest BCUT2D eigenvalue weighted by molar-refractivity contribution is 6.62. The molecule has 5 nitrogen and oxygen atoms in total. The molecule has 1 aliphatic carbocycles. The van der Waals surface area contributed by atoms with Crippen molar-refractivity contribution < 1.29 is 18.8 Å². The average Bonchev–Trinajstić information content (AvgIpc) is 2.72. The molecular formula is C22H34BNO4. The summed E-state index contributed by atoms with van der Waals surface area (Å²) in [5, 5.41) is 0. The Morgan fingerprint density at radius 3 is 2.07 bits per heavy atom. The zero-order valence-corrected chi connectivity index (χ0v) is 18.4. The highest BCUT2D eigenvalue weighted by Gasteiger charge is 2.51. The predicted octanol–water partition coefficient (Wildman–Crippen LogP) is 4.28. The molecule has 154 valence electrons. The lowest BCUT2D eigenvalue weighted by atomic mass is 9.79. The largest absolute Gasteiger partial charge is 0.494 e. The number of amides is 1. The molecule has 1 saturated carbocycles. The number of rotatable bonds is 4. The SMILES string of the molecule is CC(C)(C)OC(=O)N(Cc1ccc(B2OC(C)(C)C(C)(C)O2)cc1)C1CCC1. The van der Waals surface area contributed by atoms with E-state index in [1.165, 1.54) is 6.42 Å². The Bertz CT molecular complexity index is 688. The Hall–Kier alpha value is -1.53. The highest BCUT2D eigenvalue weighted by Crippen LogP contribution is 2.36. The first kappa shape index (κ1) is 21.2. The summed E-state index contributed by atoms with van der Waals surface area (Å²) in [7, 11) is -0.368. The van der Waals surface area contributed by atoms with Crippen LogP contribution in [0.5, 0.6) is 0 Å². The smallest absolute Gasteiger partial charge is 0.444 e. The second kappa shape index (κ2) is 7.38. The third-order valence-electron chi connectivity index (χ3n) is 6.00. The first-order chi connectivity index (χ1) is 12.9. The van der Waals surface area contributed by atoms with Crippen LogP contribution in [0.25, 0.3) is 0 Å². The van der Waals surface area contributed by atoms with Crippen molar-refractivity contribution in [3.63, 3.8) is 0 Å². The molecule has 1 heterocycles. The quantitative estimate of drug-likeness (QED) is 0.724. The lowest BCUT2D eigenvalue weighted by Crippen LogP contribution is -2.46. The third-order valence-corrected chi connectivity index (χ3v) is 6.00. The maximum Gasteiger partial charge on any atom is 0.494 e. The van der Waals surface area contributed by atoms with Gasteiger partial charge in [-0.2, -0.15) is 0 Å². The van der Waals surface area contributed by atoms with Gasteiger partial charge in [0.25, 0.3) is 0 Å². The molecule has 2 fully saturated rings. The van der Waals surface area contributed by atoms with Crippen LogP contribution < -0.4 is 5.46 Å². The molecule has 0 aromatic heterocycles. The van der Waals surface area contributed by atoms with E-state index in [-0.39, 0.29) is 30.5 Å². The van der Waals surface area contributed by atoms with E-state index in [0.29, 0.717) is 6.54 Å². The van der Waals surface area contributed by atoms with E-state index >= 15 is 0 Å². The van der Waals surface area contributed by atoms with Gasteiger partial charge in [0.2, 0.25) is 0 Å². The lowest BCUT2D eigenvalue weighted by molar-refractivity contribution is 0.00461. The molecule has 6 heteroatoms. The molecule has 0 radical (unpaired) electrons. The molecule has 1 saturated heterocycles. The maximum atomic E-state index is 12.7. The predicted molar refractivity (Wildman–Crippen MR) is 112 cm³/mol. The molecule has 0 atom stereocenters. The van der Waals surface area contributed by atoms with E-state index in [0.717, 1.165) is 23.9 Å². The summed E-state index contributed by atoms with van der Waals surface area (Å²) in [4.78, 5) is 14.6. The van der Waals surface area contributed by atoms with E-state index in [4.69, 9.17) is 14.0 Å². The van der Waals surface area contributed by atoms with Gasteiger partial charge in [0.15, 0.2) is 0 Å². The first-order valence-electron chi connectivity index (χ1n) is 10.3. The van der Waals surface area contributed by atoms with Gasteiger partial charge in [-0.15, -0.1) is 0 Å². The first-order valence-corrected chi connectivity index (χ1v) is 10.3. The van der Waals surface area contributed by atoms with Gasteiger partial charge in [-0.05, 0) is 78.8 Å². The van der Waals surface area contributed by atoms with Crippen LogP contribution >= 0.6 is 0 Å². The summed E-state index contributed by atoms with van der Waals surface area (Å²) < 4.78 is 17.9. The number of carbonyl (C=O) groups excluding carboxylic acids is 1. The summed E-state index contributed by atoms with van der Waals surface area (Å²) in [6.07, 6.45) is 3.04. The Morgan fingerprint density at radius 1 is 1.11 bits per heavy atom. The molecule has 1 aromatic rings. The zero-order chi connectivity index (χ0) is 20.7. The van der Waals surface area contributed by atoms with E-state index in [9.17, 15) is 4.79 Å². The van der Waals surface area contributed by atoms with Crippen molar-refractivity contribution in [2.45, 2.75) is 97.1 Å². The molecule has 28 heavy (non-hydrogen) atoms. The van der Waals surface area contributed by atoms with Gasteiger partial charge < -0.3 is 18.9 Å². The van der Waals surface area contributed by atoms with Crippen LogP contribution in [0.15, 0.2) is 24.3 Å². The van der Waals surface area contributed by atoms with Gasteiger partial charge in [0.05, 0.1) is 11.2 Å². The molecule has 0 N–H and O–H groups in total. The molecule has 1 aliphatic heterocycles. The van der Waals surface area contributed by atoms with E-state index in [1.54, 1.807) is 0 Å². The number of benzene rings is 1. The Balaban J connectivity index is 1.69. The Kier molecular flexibility index (Phi) is 5.58. The minimum absolute atomic E-state index is 0.229. The second-order valence-electron chi connectivity index (χ2n) is 10.0. The normalized spacial score (nSPS) is 21.3. The standard InChI is InChI=1S/C22H34BNO4/c1-20(2,3)26-19(25)24(18-9-8-10-18)15-16-11-13-17(14-12-16)23-27-21(4,5)22(6,7)28-23/h11-14,18H,8-10,15H2,1-7H3. The summed E-state index contributed by atoms with van der Waals surface area (Å²) in [6.45, 7) is 14.5. The van der Waals surface area contributed by atoms with Crippen molar-refractivity contribution in [3.8, 4) is 0 Å². The van der Waals surface area contributed by atoms with Crippen molar-refractivity contribution in [2.24, 2.45) is 0 Å². The van der Waals surface area contributed by atoms with Crippen molar-refractivity contribution in [1.82, 2.24) is 4.90 Å². The summed E-state index contributed by atoms with van der Waals surface area (Å²) in [6, 6.07) is 8.45. The molecule has 0 spiro atoms. The van der Waals surface area contributed by atoms with Crippen LogP contribution in [0.3, 0.4) is 0 Å². The summed E-state index contributed by atoms with van der Waals surface area (Å²) in [5.74, 6) is 0. The minimum Gasteiger partial charge on any atom is -0.444 e. The Labute approximate surface area is 169 Å². The molecule has 0 unspecified atom stereocenters. The number of hydrogen-bond donors (Lipinski definition) is 0. The summed E-state index contributed by atoms with van der Waals surface area (Å²) in [5.41, 5.74) is 0.884. The van der Waals surface area contributed by atoms with E-state index < -0.39 is 5.60 Å². The number of nitrogens with zero attached hydrogens (tertiary/aromatic N) is 1. The topological polar surface area (TPSA) is 48.0 Å². The number of hydrogen-bond acceptors (Lipinski definition) is 4. The second-order valence-corrected chi connectivity index (χ2v) is 10.0. The third kappa shape index (κ3) is 4.55. The van der Waals surface area contributed by atoms with Crippen LogP contribution in [0, 0.1) is 0 Å². The molecule has 1 aromatic carbocycles. The fourth-order valence-corrected chi connectivity index (χ4v) is 3.32. The van der Waals surface area contributed by atoms with Gasteiger partial charge >= 0.3 is 13.2 Å². The number of ether oxygens (including phenoxy) is 1. The molecule has 2 aliphatic rings. The van der Waals surface area contributed by atoms with Gasteiger partial charge in [-0.25, -0.2) is 4.79 Å². The van der Waals surface area contributed by atoms with Crippen molar-refractivity contribution >= 4 is 18.7 Å². The van der Waals surface area contributed by atoms with Crippen LogP contribution in [-0.2, 0) is 20.6 Å². The van der Waals surface area contributed by atoms with Crippen LogP contribution in [0.4, 0.5) is 4.79 Å². The zero-order valence-electron chi connectivity index (χ0n) is 18.4. The lowest BCUT2D eigenvalue weighted by Gasteiger charge is -2.38. The van der Waals surface area contributed by atoms with Crippen molar-refractivity contribution in [1.29, 1.82) is 0 Å². The van der Waals surface area contributed by atoms with Crippen LogP contribution in [0.1, 0.15) is 73.3 Å². The molecular weight excluding hydrogens is 353 g/mol. The average molecular weight is 387 g/mol. The van der Waals surface area contributed by atoms with Crippen LogP contribution in [-0.4, -0.2) is 41.0 Å². The van der Waals surface area contributed by atoms with E-state index in [2.05, 4.69) is 39.8 Å². The van der Waals surface area contributed by atoms with Crippen molar-refractivity contribution in [2.75, 3.05) is 0 Å². The highest BCUT2D eigenvalue weighted by atomic mass is 16.7. The van der Waals surface area contributed by atoms with Gasteiger partial charge in [-0.1, -0.05) is 24.3 Å². The fourth-order valence-electron chi connectivity index (χ4n) is 3.32.